The van der Waals surface area contributed by atoms with Gasteiger partial charge in [0.15, 0.2) is 9.84 Å². The monoisotopic (exact) mass is 368 g/mol. The lowest BCUT2D eigenvalue weighted by Crippen LogP contribution is -2.46. The van der Waals surface area contributed by atoms with E-state index in [0.717, 1.165) is 19.4 Å². The fourth-order valence-electron chi connectivity index (χ4n) is 3.30. The molecular weight excluding hydrogens is 348 g/mol. The van der Waals surface area contributed by atoms with E-state index >= 15 is 0 Å². The fraction of sp³-hybridized carbons (Fsp3) is 0.600. The second-order valence-corrected chi connectivity index (χ2v) is 8.75. The molecule has 0 saturated carbocycles. The first kappa shape index (κ1) is 17.6. The Morgan fingerprint density at radius 2 is 2.16 bits per heavy atom. The van der Waals surface area contributed by atoms with Gasteiger partial charge in [-0.05, 0) is 25.3 Å². The van der Waals surface area contributed by atoms with Crippen molar-refractivity contribution in [3.8, 4) is 0 Å². The van der Waals surface area contributed by atoms with E-state index in [1.54, 1.807) is 6.07 Å². The van der Waals surface area contributed by atoms with Crippen molar-refractivity contribution < 1.29 is 18.1 Å². The molecule has 9 nitrogen and oxygen atoms in total. The molecule has 0 spiro atoms. The normalized spacial score (nSPS) is 25.5. The molecule has 10 heteroatoms. The molecule has 3 rings (SSSR count). The highest BCUT2D eigenvalue weighted by atomic mass is 32.2. The summed E-state index contributed by atoms with van der Waals surface area (Å²) in [5.74, 6) is 0.370. The maximum atomic E-state index is 12.4. The topological polar surface area (TPSA) is 123 Å². The van der Waals surface area contributed by atoms with Gasteiger partial charge in [0.05, 0.1) is 22.3 Å². The number of hydrogen-bond donors (Lipinski definition) is 1. The molecule has 0 aromatic carbocycles. The van der Waals surface area contributed by atoms with Gasteiger partial charge in [0.25, 0.3) is 5.69 Å². The summed E-state index contributed by atoms with van der Waals surface area (Å²) in [5.41, 5.74) is -0.0718. The molecule has 1 N–H and O–H groups in total. The number of carbonyl (C=O) groups is 1. The van der Waals surface area contributed by atoms with Crippen LogP contribution in [0.5, 0.6) is 0 Å². The number of aromatic nitrogens is 1. The third-order valence-corrected chi connectivity index (χ3v) is 6.41. The van der Waals surface area contributed by atoms with Crippen LogP contribution in [-0.2, 0) is 14.6 Å². The fourth-order valence-corrected chi connectivity index (χ4v) is 4.97. The minimum absolute atomic E-state index is 0.0130. The molecule has 0 bridgehead atoms. The van der Waals surface area contributed by atoms with Gasteiger partial charge in [0.1, 0.15) is 12.0 Å². The molecule has 136 valence electrons. The zero-order chi connectivity index (χ0) is 18.0. The van der Waals surface area contributed by atoms with Crippen molar-refractivity contribution in [2.24, 2.45) is 5.92 Å². The number of hydrogen-bond acceptors (Lipinski definition) is 7. The van der Waals surface area contributed by atoms with Gasteiger partial charge >= 0.3 is 0 Å². The maximum absolute atomic E-state index is 12.4. The highest BCUT2D eigenvalue weighted by Crippen LogP contribution is 2.23. The number of sulfone groups is 1. The summed E-state index contributed by atoms with van der Waals surface area (Å²) < 4.78 is 23.0. The predicted molar refractivity (Wildman–Crippen MR) is 91.0 cm³/mol. The summed E-state index contributed by atoms with van der Waals surface area (Å²) in [7, 11) is -3.03. The molecule has 2 aliphatic rings. The van der Waals surface area contributed by atoms with Crippen LogP contribution in [0.1, 0.15) is 19.3 Å². The minimum Gasteiger partial charge on any atom is -0.356 e. The van der Waals surface area contributed by atoms with E-state index in [-0.39, 0.29) is 35.1 Å². The van der Waals surface area contributed by atoms with Crippen molar-refractivity contribution in [2.75, 3.05) is 29.5 Å². The van der Waals surface area contributed by atoms with Gasteiger partial charge in [0, 0.05) is 25.2 Å². The van der Waals surface area contributed by atoms with Crippen molar-refractivity contribution in [2.45, 2.75) is 25.3 Å². The lowest BCUT2D eigenvalue weighted by Gasteiger charge is -2.33. The van der Waals surface area contributed by atoms with E-state index in [0.29, 0.717) is 18.8 Å². The number of pyridine rings is 1. The number of carbonyl (C=O) groups excluding carboxylic acids is 1. The molecule has 0 radical (unpaired) electrons. The largest absolute Gasteiger partial charge is 0.356 e. The molecule has 2 fully saturated rings. The summed E-state index contributed by atoms with van der Waals surface area (Å²) in [6, 6.07) is 2.68. The maximum Gasteiger partial charge on any atom is 0.287 e. The van der Waals surface area contributed by atoms with Crippen molar-refractivity contribution in [3.05, 3.63) is 28.4 Å². The Hall–Kier alpha value is -2.23. The van der Waals surface area contributed by atoms with Crippen LogP contribution in [0.15, 0.2) is 18.3 Å². The summed E-state index contributed by atoms with van der Waals surface area (Å²) in [6.07, 6.45) is 3.21. The molecular formula is C15H20N4O5S. The molecule has 3 heterocycles. The zero-order valence-electron chi connectivity index (χ0n) is 13.6. The Morgan fingerprint density at radius 1 is 1.36 bits per heavy atom. The van der Waals surface area contributed by atoms with Crippen LogP contribution in [0, 0.1) is 16.0 Å². The van der Waals surface area contributed by atoms with Crippen LogP contribution in [0.4, 0.5) is 11.5 Å². The number of nitrogens with one attached hydrogen (secondary N) is 1. The van der Waals surface area contributed by atoms with Crippen molar-refractivity contribution in [3.63, 3.8) is 0 Å². The zero-order valence-corrected chi connectivity index (χ0v) is 14.4. The van der Waals surface area contributed by atoms with Crippen molar-refractivity contribution >= 4 is 27.2 Å². The molecule has 1 aromatic heterocycles. The Bertz CT molecular complexity index is 765. The Kier molecular flexibility index (Phi) is 4.89. The van der Waals surface area contributed by atoms with E-state index in [4.69, 9.17) is 0 Å². The standard InChI is InChI=1S/C15H20N4O5S/c20-15(17-12-5-7-25(23,24)10-12)11-2-1-6-18(9-11)14-4-3-13(8-16-14)19(21)22/h3-4,8,11-12H,1-2,5-7,9-10H2,(H,17,20)/t11-,12+/m1/s1. The SMILES string of the molecule is O=C(N[C@H]1CCS(=O)(=O)C1)[C@@H]1CCCN(c2ccc([N+](=O)[O-])cn2)C1. The Labute approximate surface area is 145 Å². The molecule has 0 unspecified atom stereocenters. The first-order chi connectivity index (χ1) is 11.8. The van der Waals surface area contributed by atoms with Crippen molar-refractivity contribution in [1.29, 1.82) is 0 Å². The number of amides is 1. The third kappa shape index (κ3) is 4.25. The van der Waals surface area contributed by atoms with Crippen LogP contribution < -0.4 is 10.2 Å². The second-order valence-electron chi connectivity index (χ2n) is 6.53. The lowest BCUT2D eigenvalue weighted by molar-refractivity contribution is -0.385. The average Bonchev–Trinajstić information content (AvgIpc) is 2.93. The van der Waals surface area contributed by atoms with E-state index in [1.165, 1.54) is 12.3 Å². The first-order valence-electron chi connectivity index (χ1n) is 8.20. The van der Waals surface area contributed by atoms with Crippen LogP contribution in [0.3, 0.4) is 0 Å². The van der Waals surface area contributed by atoms with Crippen LogP contribution in [0.2, 0.25) is 0 Å². The number of anilines is 1. The number of piperidine rings is 1. The first-order valence-corrected chi connectivity index (χ1v) is 10.0. The number of nitro groups is 1. The molecule has 1 aromatic rings. The van der Waals surface area contributed by atoms with Crippen molar-refractivity contribution in [1.82, 2.24) is 10.3 Å². The Morgan fingerprint density at radius 3 is 2.76 bits per heavy atom. The highest BCUT2D eigenvalue weighted by Gasteiger charge is 2.32. The van der Waals surface area contributed by atoms with E-state index in [2.05, 4.69) is 10.3 Å². The second kappa shape index (κ2) is 6.95. The molecule has 1 amide bonds. The summed E-state index contributed by atoms with van der Waals surface area (Å²) >= 11 is 0. The van der Waals surface area contributed by atoms with E-state index < -0.39 is 14.8 Å². The van der Waals surface area contributed by atoms with Gasteiger partial charge in [-0.3, -0.25) is 14.9 Å². The molecule has 2 saturated heterocycles. The predicted octanol–water partition coefficient (Wildman–Crippen LogP) is 0.509. The average molecular weight is 368 g/mol. The lowest BCUT2D eigenvalue weighted by atomic mass is 9.96. The highest BCUT2D eigenvalue weighted by molar-refractivity contribution is 7.91. The smallest absolute Gasteiger partial charge is 0.287 e. The van der Waals surface area contributed by atoms with Crippen LogP contribution in [-0.4, -0.2) is 54.9 Å². The number of rotatable bonds is 4. The van der Waals surface area contributed by atoms with Gasteiger partial charge in [-0.1, -0.05) is 0 Å². The van der Waals surface area contributed by atoms with Gasteiger partial charge in [0.2, 0.25) is 5.91 Å². The summed E-state index contributed by atoms with van der Waals surface area (Å²) in [4.78, 5) is 28.7. The minimum atomic E-state index is -3.03. The van der Waals surface area contributed by atoms with Gasteiger partial charge < -0.3 is 10.2 Å². The molecule has 2 atom stereocenters. The molecule has 2 aliphatic heterocycles. The quantitative estimate of drug-likeness (QED) is 0.607. The number of nitrogens with zero attached hydrogens (tertiary/aromatic N) is 3. The van der Waals surface area contributed by atoms with Crippen LogP contribution >= 0.6 is 0 Å². The Balaban J connectivity index is 1.60. The summed E-state index contributed by atoms with van der Waals surface area (Å²) in [5, 5.41) is 13.5. The van der Waals surface area contributed by atoms with Gasteiger partial charge in [-0.15, -0.1) is 0 Å². The molecule has 25 heavy (non-hydrogen) atoms. The van der Waals surface area contributed by atoms with Crippen LogP contribution in [0.25, 0.3) is 0 Å². The molecule has 0 aliphatic carbocycles. The van der Waals surface area contributed by atoms with E-state index in [1.807, 2.05) is 4.90 Å². The third-order valence-electron chi connectivity index (χ3n) is 4.64. The van der Waals surface area contributed by atoms with E-state index in [9.17, 15) is 23.3 Å². The van der Waals surface area contributed by atoms with Gasteiger partial charge in [-0.2, -0.15) is 0 Å². The summed E-state index contributed by atoms with van der Waals surface area (Å²) in [6.45, 7) is 1.20. The van der Waals surface area contributed by atoms with Gasteiger partial charge in [-0.25, -0.2) is 13.4 Å².